The maximum absolute atomic E-state index is 12.0. The van der Waals surface area contributed by atoms with E-state index in [1.807, 2.05) is 25.8 Å². The molecule has 1 rings (SSSR count). The third-order valence-corrected chi connectivity index (χ3v) is 3.78. The summed E-state index contributed by atoms with van der Waals surface area (Å²) in [4.78, 5) is 16.5. The molecule has 1 fully saturated rings. The van der Waals surface area contributed by atoms with Gasteiger partial charge in [-0.3, -0.25) is 9.69 Å². The van der Waals surface area contributed by atoms with E-state index in [0.29, 0.717) is 11.5 Å². The Morgan fingerprint density at radius 3 is 2.28 bits per heavy atom. The summed E-state index contributed by atoms with van der Waals surface area (Å²) >= 11 is 4.99. The molecule has 4 nitrogen and oxygen atoms in total. The van der Waals surface area contributed by atoms with Crippen molar-refractivity contribution in [3.8, 4) is 0 Å². The van der Waals surface area contributed by atoms with Gasteiger partial charge in [0.2, 0.25) is 5.91 Å². The van der Waals surface area contributed by atoms with Crippen LogP contribution in [0.5, 0.6) is 0 Å². The molecule has 0 bridgehead atoms. The molecule has 0 aromatic carbocycles. The van der Waals surface area contributed by atoms with Gasteiger partial charge in [-0.1, -0.05) is 12.2 Å². The van der Waals surface area contributed by atoms with Gasteiger partial charge in [-0.25, -0.2) is 0 Å². The average molecular weight is 271 g/mol. The van der Waals surface area contributed by atoms with Crippen molar-refractivity contribution in [2.45, 2.75) is 33.1 Å². The van der Waals surface area contributed by atoms with Crippen LogP contribution >= 0.6 is 12.2 Å². The predicted molar refractivity (Wildman–Crippen MR) is 78.5 cm³/mol. The van der Waals surface area contributed by atoms with E-state index in [-0.39, 0.29) is 11.3 Å². The lowest BCUT2D eigenvalue weighted by molar-refractivity contribution is -0.131. The maximum atomic E-state index is 12.0. The topological polar surface area (TPSA) is 49.6 Å². The minimum absolute atomic E-state index is 0.202. The molecular weight excluding hydrogens is 246 g/mol. The molecule has 0 atom stereocenters. The highest BCUT2D eigenvalue weighted by Crippen LogP contribution is 2.49. The molecule has 0 aromatic heterocycles. The van der Waals surface area contributed by atoms with Gasteiger partial charge >= 0.3 is 0 Å². The average Bonchev–Trinajstić information content (AvgIpc) is 2.97. The first kappa shape index (κ1) is 15.4. The summed E-state index contributed by atoms with van der Waals surface area (Å²) < 4.78 is 0. The Kier molecular flexibility index (Phi) is 5.53. The van der Waals surface area contributed by atoms with E-state index in [4.69, 9.17) is 18.0 Å². The fraction of sp³-hybridized carbons (Fsp3) is 0.846. The third-order valence-electron chi connectivity index (χ3n) is 3.63. The van der Waals surface area contributed by atoms with Crippen LogP contribution in [0.1, 0.15) is 33.1 Å². The summed E-state index contributed by atoms with van der Waals surface area (Å²) in [7, 11) is 2.00. The molecule has 0 spiro atoms. The van der Waals surface area contributed by atoms with Gasteiger partial charge in [0.05, 0.1) is 11.5 Å². The number of hydrogen-bond donors (Lipinski definition) is 1. The van der Waals surface area contributed by atoms with Gasteiger partial charge in [-0.15, -0.1) is 0 Å². The predicted octanol–water partition coefficient (Wildman–Crippen LogP) is 1.24. The Labute approximate surface area is 115 Å². The Hall–Kier alpha value is -0.680. The lowest BCUT2D eigenvalue weighted by Crippen LogP contribution is -2.41. The number of hydrogen-bond acceptors (Lipinski definition) is 3. The van der Waals surface area contributed by atoms with E-state index in [2.05, 4.69) is 4.90 Å². The van der Waals surface area contributed by atoms with Crippen LogP contribution in [0.25, 0.3) is 0 Å². The molecule has 1 aliphatic carbocycles. The fourth-order valence-corrected chi connectivity index (χ4v) is 2.78. The number of rotatable bonds is 8. The number of carbonyl (C=O) groups is 1. The van der Waals surface area contributed by atoms with E-state index in [9.17, 15) is 4.79 Å². The summed E-state index contributed by atoms with van der Waals surface area (Å²) in [5, 5.41) is 0. The van der Waals surface area contributed by atoms with Gasteiger partial charge < -0.3 is 10.6 Å². The van der Waals surface area contributed by atoms with E-state index in [1.165, 1.54) is 12.8 Å². The number of likely N-dealkylation sites (N-methyl/N-ethyl adjacent to an activating group) is 2. The van der Waals surface area contributed by atoms with Gasteiger partial charge in [0, 0.05) is 26.1 Å². The van der Waals surface area contributed by atoms with E-state index >= 15 is 0 Å². The lowest BCUT2D eigenvalue weighted by atomic mass is 10.0. The maximum Gasteiger partial charge on any atom is 0.236 e. The van der Waals surface area contributed by atoms with Crippen molar-refractivity contribution in [2.24, 2.45) is 11.1 Å². The first-order valence-corrected chi connectivity index (χ1v) is 7.08. The molecule has 0 unspecified atom stereocenters. The molecule has 0 aliphatic heterocycles. The Morgan fingerprint density at radius 2 is 1.89 bits per heavy atom. The standard InChI is InChI=1S/C13H25N3OS/c1-4-16(5-2)12(17)9-15(3)10-13(6-7-13)8-11(14)18/h4-10H2,1-3H3,(H2,14,18). The fourth-order valence-electron chi connectivity index (χ4n) is 2.47. The highest BCUT2D eigenvalue weighted by molar-refractivity contribution is 7.80. The van der Waals surface area contributed by atoms with Crippen molar-refractivity contribution in [1.82, 2.24) is 9.80 Å². The van der Waals surface area contributed by atoms with Crippen LogP contribution in [-0.2, 0) is 4.79 Å². The minimum atomic E-state index is 0.202. The molecule has 18 heavy (non-hydrogen) atoms. The van der Waals surface area contributed by atoms with Crippen molar-refractivity contribution >= 4 is 23.1 Å². The SMILES string of the molecule is CCN(CC)C(=O)CN(C)CC1(CC(N)=S)CC1. The molecule has 0 heterocycles. The van der Waals surface area contributed by atoms with Crippen molar-refractivity contribution in [1.29, 1.82) is 0 Å². The second kappa shape index (κ2) is 6.48. The quantitative estimate of drug-likeness (QED) is 0.675. The zero-order valence-corrected chi connectivity index (χ0v) is 12.6. The monoisotopic (exact) mass is 271 g/mol. The highest BCUT2D eigenvalue weighted by atomic mass is 32.1. The van der Waals surface area contributed by atoms with E-state index < -0.39 is 0 Å². The van der Waals surface area contributed by atoms with Crippen molar-refractivity contribution in [3.05, 3.63) is 0 Å². The zero-order valence-electron chi connectivity index (χ0n) is 11.7. The summed E-state index contributed by atoms with van der Waals surface area (Å²) in [6, 6.07) is 0. The number of amides is 1. The van der Waals surface area contributed by atoms with Gasteiger partial charge in [0.25, 0.3) is 0 Å². The summed E-state index contributed by atoms with van der Waals surface area (Å²) in [6.45, 7) is 6.98. The molecule has 104 valence electrons. The van der Waals surface area contributed by atoms with Crippen molar-refractivity contribution in [2.75, 3.05) is 33.2 Å². The largest absolute Gasteiger partial charge is 0.393 e. The van der Waals surface area contributed by atoms with Gasteiger partial charge in [-0.2, -0.15) is 0 Å². The second-order valence-electron chi connectivity index (χ2n) is 5.38. The van der Waals surface area contributed by atoms with Crippen LogP contribution in [0.2, 0.25) is 0 Å². The molecular formula is C13H25N3OS. The summed E-state index contributed by atoms with van der Waals surface area (Å²) in [5.41, 5.74) is 5.88. The smallest absolute Gasteiger partial charge is 0.236 e. The van der Waals surface area contributed by atoms with Gasteiger partial charge in [-0.05, 0) is 39.2 Å². The number of nitrogens with two attached hydrogens (primary N) is 1. The molecule has 1 saturated carbocycles. The van der Waals surface area contributed by atoms with Crippen LogP contribution in [0.3, 0.4) is 0 Å². The van der Waals surface area contributed by atoms with Crippen LogP contribution in [0.15, 0.2) is 0 Å². The molecule has 1 amide bonds. The van der Waals surface area contributed by atoms with Crippen molar-refractivity contribution in [3.63, 3.8) is 0 Å². The lowest BCUT2D eigenvalue weighted by Gasteiger charge is -2.26. The summed E-state index contributed by atoms with van der Waals surface area (Å²) in [6.07, 6.45) is 3.16. The highest BCUT2D eigenvalue weighted by Gasteiger charge is 2.43. The van der Waals surface area contributed by atoms with Gasteiger partial charge in [0.1, 0.15) is 0 Å². The molecule has 0 aromatic rings. The number of nitrogens with zero attached hydrogens (tertiary/aromatic N) is 2. The Morgan fingerprint density at radius 1 is 1.33 bits per heavy atom. The molecule has 0 radical (unpaired) electrons. The summed E-state index contributed by atoms with van der Waals surface area (Å²) in [5.74, 6) is 0.202. The normalized spacial score (nSPS) is 16.7. The van der Waals surface area contributed by atoms with Crippen molar-refractivity contribution < 1.29 is 4.79 Å². The molecule has 0 saturated heterocycles. The van der Waals surface area contributed by atoms with Crippen LogP contribution in [-0.4, -0.2) is 53.9 Å². The first-order valence-electron chi connectivity index (χ1n) is 6.67. The molecule has 5 heteroatoms. The molecule has 1 aliphatic rings. The number of carbonyl (C=O) groups excluding carboxylic acids is 1. The zero-order chi connectivity index (χ0) is 13.8. The third kappa shape index (κ3) is 4.53. The second-order valence-corrected chi connectivity index (χ2v) is 5.91. The van der Waals surface area contributed by atoms with E-state index in [1.54, 1.807) is 0 Å². The van der Waals surface area contributed by atoms with Gasteiger partial charge in [0.15, 0.2) is 0 Å². The first-order chi connectivity index (χ1) is 8.42. The van der Waals surface area contributed by atoms with Crippen LogP contribution in [0.4, 0.5) is 0 Å². The Bertz CT molecular complexity index is 311. The van der Waals surface area contributed by atoms with E-state index in [0.717, 1.165) is 26.1 Å². The number of thiocarbonyl (C=S) groups is 1. The Balaban J connectivity index is 2.39. The minimum Gasteiger partial charge on any atom is -0.393 e. The van der Waals surface area contributed by atoms with Crippen LogP contribution in [0, 0.1) is 5.41 Å². The van der Waals surface area contributed by atoms with Crippen LogP contribution < -0.4 is 5.73 Å². The molecule has 2 N–H and O–H groups in total.